The number of halogens is 2. The summed E-state index contributed by atoms with van der Waals surface area (Å²) in [6, 6.07) is 2.51. The van der Waals surface area contributed by atoms with Crippen molar-refractivity contribution in [1.82, 2.24) is 5.32 Å². The molecule has 1 aliphatic heterocycles. The van der Waals surface area contributed by atoms with E-state index in [2.05, 4.69) is 5.32 Å². The van der Waals surface area contributed by atoms with Gasteiger partial charge >= 0.3 is 0 Å². The molecule has 17 heavy (non-hydrogen) atoms. The van der Waals surface area contributed by atoms with Crippen LogP contribution in [0.25, 0.3) is 11.0 Å². The molecule has 1 fully saturated rings. The zero-order chi connectivity index (χ0) is 11.8. The predicted molar refractivity (Wildman–Crippen MR) is 61.0 cm³/mol. The molecule has 1 N–H and O–H groups in total. The van der Waals surface area contributed by atoms with Crippen molar-refractivity contribution in [2.75, 3.05) is 13.1 Å². The topological polar surface area (TPSA) is 25.2 Å². The molecule has 1 saturated heterocycles. The molecule has 0 saturated carbocycles. The lowest BCUT2D eigenvalue weighted by Gasteiger charge is -2.23. The van der Waals surface area contributed by atoms with Crippen LogP contribution in [0.1, 0.15) is 24.3 Å². The van der Waals surface area contributed by atoms with Crippen molar-refractivity contribution in [3.8, 4) is 0 Å². The zero-order valence-electron chi connectivity index (χ0n) is 9.30. The average Bonchev–Trinajstić information content (AvgIpc) is 2.79. The second kappa shape index (κ2) is 4.11. The Kier molecular flexibility index (Phi) is 2.59. The van der Waals surface area contributed by atoms with Gasteiger partial charge in [0.2, 0.25) is 0 Å². The van der Waals surface area contributed by atoms with Gasteiger partial charge < -0.3 is 9.73 Å². The van der Waals surface area contributed by atoms with E-state index < -0.39 is 11.6 Å². The van der Waals surface area contributed by atoms with Crippen LogP contribution in [0.5, 0.6) is 0 Å². The Bertz CT molecular complexity index is 544. The van der Waals surface area contributed by atoms with Crippen LogP contribution in [0, 0.1) is 11.6 Å². The molecule has 1 aromatic carbocycles. The third-order valence-corrected chi connectivity index (χ3v) is 3.38. The van der Waals surface area contributed by atoms with E-state index in [-0.39, 0.29) is 5.92 Å². The lowest BCUT2D eigenvalue weighted by Crippen LogP contribution is -2.29. The second-order valence-electron chi connectivity index (χ2n) is 4.46. The summed E-state index contributed by atoms with van der Waals surface area (Å²) in [6.45, 7) is 1.68. The van der Waals surface area contributed by atoms with Crippen LogP contribution in [-0.2, 0) is 0 Å². The summed E-state index contributed by atoms with van der Waals surface area (Å²) in [5, 5.41) is 3.60. The highest BCUT2D eigenvalue weighted by molar-refractivity contribution is 5.81. The van der Waals surface area contributed by atoms with Crippen LogP contribution in [0.15, 0.2) is 22.8 Å². The summed E-state index contributed by atoms with van der Waals surface area (Å²) in [6.07, 6.45) is 3.32. The van der Waals surface area contributed by atoms with Crippen molar-refractivity contribution < 1.29 is 13.2 Å². The summed E-state index contributed by atoms with van der Waals surface area (Å²) in [7, 11) is 0. The fourth-order valence-corrected chi connectivity index (χ4v) is 2.56. The Hall–Kier alpha value is -1.42. The number of rotatable bonds is 1. The van der Waals surface area contributed by atoms with Crippen molar-refractivity contribution >= 4 is 11.0 Å². The average molecular weight is 237 g/mol. The number of piperidine rings is 1. The summed E-state index contributed by atoms with van der Waals surface area (Å²) >= 11 is 0. The molecular formula is C13H13F2NO. The van der Waals surface area contributed by atoms with Gasteiger partial charge in [0.1, 0.15) is 17.2 Å². The fraction of sp³-hybridized carbons (Fsp3) is 0.385. The SMILES string of the molecule is Fc1cc(F)c2ccoc2c1C1CCCNC1. The Morgan fingerprint density at radius 2 is 2.18 bits per heavy atom. The largest absolute Gasteiger partial charge is 0.464 e. The van der Waals surface area contributed by atoms with Crippen LogP contribution in [0.2, 0.25) is 0 Å². The Labute approximate surface area is 97.6 Å². The van der Waals surface area contributed by atoms with E-state index in [0.29, 0.717) is 16.5 Å². The minimum atomic E-state index is -0.557. The Morgan fingerprint density at radius 1 is 1.29 bits per heavy atom. The first-order valence-corrected chi connectivity index (χ1v) is 5.83. The molecule has 1 aliphatic rings. The smallest absolute Gasteiger partial charge is 0.143 e. The van der Waals surface area contributed by atoms with Gasteiger partial charge in [0, 0.05) is 24.1 Å². The lowest BCUT2D eigenvalue weighted by molar-refractivity contribution is 0.441. The fourth-order valence-electron chi connectivity index (χ4n) is 2.56. The molecule has 0 radical (unpaired) electrons. The van der Waals surface area contributed by atoms with E-state index in [1.54, 1.807) is 6.07 Å². The Balaban J connectivity index is 2.16. The minimum absolute atomic E-state index is 0.0676. The highest BCUT2D eigenvalue weighted by atomic mass is 19.1. The molecule has 0 aliphatic carbocycles. The first kappa shape index (κ1) is 10.7. The van der Waals surface area contributed by atoms with E-state index in [1.807, 2.05) is 0 Å². The van der Waals surface area contributed by atoms with Crippen molar-refractivity contribution in [3.05, 3.63) is 35.6 Å². The summed E-state index contributed by atoms with van der Waals surface area (Å²) in [5.74, 6) is -0.990. The highest BCUT2D eigenvalue weighted by Crippen LogP contribution is 2.34. The van der Waals surface area contributed by atoms with Crippen LogP contribution >= 0.6 is 0 Å². The quantitative estimate of drug-likeness (QED) is 0.824. The van der Waals surface area contributed by atoms with Gasteiger partial charge in [-0.25, -0.2) is 8.78 Å². The van der Waals surface area contributed by atoms with Crippen LogP contribution < -0.4 is 5.32 Å². The summed E-state index contributed by atoms with van der Waals surface area (Å²) in [4.78, 5) is 0. The summed E-state index contributed by atoms with van der Waals surface area (Å²) in [5.41, 5.74) is 0.870. The highest BCUT2D eigenvalue weighted by Gasteiger charge is 2.24. The third kappa shape index (κ3) is 1.72. The molecular weight excluding hydrogens is 224 g/mol. The molecule has 90 valence electrons. The van der Waals surface area contributed by atoms with Crippen LogP contribution in [0.4, 0.5) is 8.78 Å². The van der Waals surface area contributed by atoms with Gasteiger partial charge in [-0.3, -0.25) is 0 Å². The van der Waals surface area contributed by atoms with E-state index in [0.717, 1.165) is 32.0 Å². The van der Waals surface area contributed by atoms with Crippen molar-refractivity contribution in [1.29, 1.82) is 0 Å². The third-order valence-electron chi connectivity index (χ3n) is 3.38. The van der Waals surface area contributed by atoms with Crippen molar-refractivity contribution in [2.24, 2.45) is 0 Å². The maximum absolute atomic E-state index is 13.9. The first-order chi connectivity index (χ1) is 8.27. The van der Waals surface area contributed by atoms with Gasteiger partial charge in [-0.15, -0.1) is 0 Å². The molecule has 2 aromatic rings. The maximum atomic E-state index is 13.9. The van der Waals surface area contributed by atoms with Crippen molar-refractivity contribution in [3.63, 3.8) is 0 Å². The number of hydrogen-bond acceptors (Lipinski definition) is 2. The molecule has 0 amide bonds. The maximum Gasteiger partial charge on any atom is 0.143 e. The number of benzene rings is 1. The summed E-state index contributed by atoms with van der Waals surface area (Å²) < 4.78 is 32.7. The number of fused-ring (bicyclic) bond motifs is 1. The number of hydrogen-bond donors (Lipinski definition) is 1. The molecule has 1 unspecified atom stereocenters. The molecule has 0 bridgehead atoms. The number of nitrogens with one attached hydrogen (secondary N) is 1. The molecule has 4 heteroatoms. The van der Waals surface area contributed by atoms with Crippen molar-refractivity contribution in [2.45, 2.75) is 18.8 Å². The predicted octanol–water partition coefficient (Wildman–Crippen LogP) is 3.18. The van der Waals surface area contributed by atoms with E-state index in [1.165, 1.54) is 6.26 Å². The van der Waals surface area contributed by atoms with Gasteiger partial charge in [0.25, 0.3) is 0 Å². The molecule has 1 atom stereocenters. The van der Waals surface area contributed by atoms with Gasteiger partial charge in [0.05, 0.1) is 11.6 Å². The van der Waals surface area contributed by atoms with Crippen LogP contribution in [0.3, 0.4) is 0 Å². The molecule has 1 aromatic heterocycles. The van der Waals surface area contributed by atoms with E-state index in [4.69, 9.17) is 4.42 Å². The van der Waals surface area contributed by atoms with E-state index >= 15 is 0 Å². The molecule has 2 heterocycles. The van der Waals surface area contributed by atoms with Crippen LogP contribution in [-0.4, -0.2) is 13.1 Å². The van der Waals surface area contributed by atoms with Gasteiger partial charge in [-0.05, 0) is 25.5 Å². The second-order valence-corrected chi connectivity index (χ2v) is 4.46. The first-order valence-electron chi connectivity index (χ1n) is 5.83. The minimum Gasteiger partial charge on any atom is -0.464 e. The van der Waals surface area contributed by atoms with Gasteiger partial charge in [0.15, 0.2) is 0 Å². The van der Waals surface area contributed by atoms with Gasteiger partial charge in [-0.2, -0.15) is 0 Å². The molecule has 0 spiro atoms. The molecule has 3 rings (SSSR count). The standard InChI is InChI=1S/C13H13F2NO/c14-10-6-11(15)12(8-2-1-4-16-7-8)13-9(10)3-5-17-13/h3,5-6,8,16H,1-2,4,7H2. The lowest BCUT2D eigenvalue weighted by atomic mass is 9.90. The Morgan fingerprint density at radius 3 is 2.94 bits per heavy atom. The van der Waals surface area contributed by atoms with E-state index in [9.17, 15) is 8.78 Å². The molecule has 2 nitrogen and oxygen atoms in total. The van der Waals surface area contributed by atoms with Gasteiger partial charge in [-0.1, -0.05) is 0 Å². The number of furan rings is 1. The monoisotopic (exact) mass is 237 g/mol. The normalized spacial score (nSPS) is 20.9. The zero-order valence-corrected chi connectivity index (χ0v) is 9.30.